The standard InChI is InChI=1S/C8H15NO3S/c1-8(10)4-5-9(6-8)13(11,12)7-2-3-7/h7,10H,2-6H2,1H3. The fourth-order valence-corrected chi connectivity index (χ4v) is 3.65. The number of hydrogen-bond donors (Lipinski definition) is 1. The molecular formula is C8H15NO3S. The van der Waals surface area contributed by atoms with E-state index in [1.165, 1.54) is 4.31 Å². The Balaban J connectivity index is 2.11. The molecule has 1 N–H and O–H groups in total. The van der Waals surface area contributed by atoms with Crippen LogP contribution in [0.4, 0.5) is 0 Å². The highest BCUT2D eigenvalue weighted by molar-refractivity contribution is 7.90. The van der Waals surface area contributed by atoms with Crippen molar-refractivity contribution in [1.29, 1.82) is 0 Å². The van der Waals surface area contributed by atoms with Gasteiger partial charge in [0, 0.05) is 13.1 Å². The molecule has 1 saturated carbocycles. The lowest BCUT2D eigenvalue weighted by Crippen LogP contribution is -2.35. The van der Waals surface area contributed by atoms with Crippen LogP contribution in [0.25, 0.3) is 0 Å². The first-order valence-corrected chi connectivity index (χ1v) is 6.13. The average molecular weight is 205 g/mol. The highest BCUT2D eigenvalue weighted by Gasteiger charge is 2.45. The molecule has 0 spiro atoms. The monoisotopic (exact) mass is 205 g/mol. The van der Waals surface area contributed by atoms with Gasteiger partial charge in [0.25, 0.3) is 0 Å². The van der Waals surface area contributed by atoms with Gasteiger partial charge in [-0.3, -0.25) is 0 Å². The molecule has 0 aromatic rings. The van der Waals surface area contributed by atoms with Gasteiger partial charge in [0.2, 0.25) is 10.0 Å². The number of hydrogen-bond acceptors (Lipinski definition) is 3. The van der Waals surface area contributed by atoms with Gasteiger partial charge in [0.1, 0.15) is 0 Å². The highest BCUT2D eigenvalue weighted by atomic mass is 32.2. The van der Waals surface area contributed by atoms with Gasteiger partial charge in [-0.1, -0.05) is 0 Å². The van der Waals surface area contributed by atoms with Gasteiger partial charge >= 0.3 is 0 Å². The molecule has 1 saturated heterocycles. The quantitative estimate of drug-likeness (QED) is 0.687. The van der Waals surface area contributed by atoms with Gasteiger partial charge < -0.3 is 5.11 Å². The Bertz CT molecular complexity index is 305. The summed E-state index contributed by atoms with van der Waals surface area (Å²) in [4.78, 5) is 0. The van der Waals surface area contributed by atoms with Crippen molar-refractivity contribution in [3.63, 3.8) is 0 Å². The summed E-state index contributed by atoms with van der Waals surface area (Å²) >= 11 is 0. The van der Waals surface area contributed by atoms with Crippen LogP contribution in [-0.4, -0.2) is 41.8 Å². The van der Waals surface area contributed by atoms with E-state index in [-0.39, 0.29) is 11.8 Å². The minimum atomic E-state index is -3.06. The third kappa shape index (κ3) is 1.73. The van der Waals surface area contributed by atoms with E-state index < -0.39 is 15.6 Å². The number of aliphatic hydroxyl groups is 1. The predicted octanol–water partition coefficient (Wildman–Crippen LogP) is -0.0647. The van der Waals surface area contributed by atoms with E-state index in [1.807, 2.05) is 0 Å². The van der Waals surface area contributed by atoms with Crippen molar-refractivity contribution in [2.75, 3.05) is 13.1 Å². The van der Waals surface area contributed by atoms with E-state index >= 15 is 0 Å². The minimum Gasteiger partial charge on any atom is -0.389 e. The van der Waals surface area contributed by atoms with Gasteiger partial charge in [0.15, 0.2) is 0 Å². The van der Waals surface area contributed by atoms with Crippen molar-refractivity contribution >= 4 is 10.0 Å². The predicted molar refractivity (Wildman–Crippen MR) is 48.8 cm³/mol. The molecule has 2 fully saturated rings. The van der Waals surface area contributed by atoms with E-state index in [0.29, 0.717) is 13.0 Å². The molecule has 2 rings (SSSR count). The summed E-state index contributed by atoms with van der Waals surface area (Å²) in [6.07, 6.45) is 2.14. The maximum atomic E-state index is 11.7. The molecule has 5 heteroatoms. The van der Waals surface area contributed by atoms with Crippen molar-refractivity contribution in [3.8, 4) is 0 Å². The number of β-amino-alcohol motifs (C(OH)–C–C–N with tert-alkyl or cyclic N) is 1. The molecule has 1 aliphatic carbocycles. The SMILES string of the molecule is CC1(O)CCN(S(=O)(=O)C2CC2)C1. The van der Waals surface area contributed by atoms with Crippen LogP contribution in [0.5, 0.6) is 0 Å². The zero-order valence-electron chi connectivity index (χ0n) is 7.73. The molecule has 0 amide bonds. The van der Waals surface area contributed by atoms with Crippen molar-refractivity contribution in [1.82, 2.24) is 4.31 Å². The molecule has 4 nitrogen and oxygen atoms in total. The summed E-state index contributed by atoms with van der Waals surface area (Å²) in [6.45, 7) is 2.44. The van der Waals surface area contributed by atoms with Crippen LogP contribution in [0, 0.1) is 0 Å². The van der Waals surface area contributed by atoms with Gasteiger partial charge in [-0.15, -0.1) is 0 Å². The van der Waals surface area contributed by atoms with Gasteiger partial charge in [-0.25, -0.2) is 8.42 Å². The first-order valence-electron chi connectivity index (χ1n) is 4.63. The lowest BCUT2D eigenvalue weighted by Gasteiger charge is -2.18. The molecule has 0 aromatic carbocycles. The van der Waals surface area contributed by atoms with Gasteiger partial charge in [-0.2, -0.15) is 4.31 Å². The summed E-state index contributed by atoms with van der Waals surface area (Å²) in [6, 6.07) is 0. The van der Waals surface area contributed by atoms with Crippen LogP contribution in [0.2, 0.25) is 0 Å². The maximum absolute atomic E-state index is 11.7. The number of sulfonamides is 1. The first kappa shape index (κ1) is 9.43. The van der Waals surface area contributed by atoms with Crippen LogP contribution in [0.3, 0.4) is 0 Å². The first-order chi connectivity index (χ1) is 5.92. The molecule has 13 heavy (non-hydrogen) atoms. The van der Waals surface area contributed by atoms with E-state index in [0.717, 1.165) is 12.8 Å². The summed E-state index contributed by atoms with van der Waals surface area (Å²) < 4.78 is 24.8. The number of rotatable bonds is 2. The average Bonchev–Trinajstić information content (AvgIpc) is 2.76. The Labute approximate surface area is 78.6 Å². The van der Waals surface area contributed by atoms with E-state index in [9.17, 15) is 13.5 Å². The Hall–Kier alpha value is -0.130. The third-order valence-electron chi connectivity index (χ3n) is 2.72. The number of nitrogens with zero attached hydrogens (tertiary/aromatic N) is 1. The Morgan fingerprint density at radius 1 is 1.46 bits per heavy atom. The van der Waals surface area contributed by atoms with Crippen molar-refractivity contribution in [2.45, 2.75) is 37.0 Å². The Morgan fingerprint density at radius 3 is 2.46 bits per heavy atom. The Morgan fingerprint density at radius 2 is 2.08 bits per heavy atom. The van der Waals surface area contributed by atoms with Gasteiger partial charge in [0.05, 0.1) is 10.9 Å². The molecule has 1 heterocycles. The zero-order chi connectivity index (χ0) is 9.69. The molecule has 1 aliphatic heterocycles. The molecule has 2 aliphatic rings. The molecule has 0 radical (unpaired) electrons. The third-order valence-corrected chi connectivity index (χ3v) is 5.07. The largest absolute Gasteiger partial charge is 0.389 e. The topological polar surface area (TPSA) is 57.6 Å². The second kappa shape index (κ2) is 2.68. The van der Waals surface area contributed by atoms with Crippen LogP contribution in [0.1, 0.15) is 26.2 Å². The molecule has 0 bridgehead atoms. The second-order valence-corrected chi connectivity index (χ2v) is 6.54. The molecule has 0 aromatic heterocycles. The van der Waals surface area contributed by atoms with Gasteiger partial charge in [-0.05, 0) is 26.2 Å². The summed E-state index contributed by atoms with van der Waals surface area (Å²) in [5, 5.41) is 9.47. The van der Waals surface area contributed by atoms with E-state index in [4.69, 9.17) is 0 Å². The maximum Gasteiger partial charge on any atom is 0.217 e. The molecule has 1 unspecified atom stereocenters. The van der Waals surface area contributed by atoms with E-state index in [1.54, 1.807) is 6.92 Å². The van der Waals surface area contributed by atoms with E-state index in [2.05, 4.69) is 0 Å². The summed E-state index contributed by atoms with van der Waals surface area (Å²) in [5.41, 5.74) is -0.817. The van der Waals surface area contributed by atoms with Crippen LogP contribution < -0.4 is 0 Å². The fourth-order valence-electron chi connectivity index (χ4n) is 1.70. The zero-order valence-corrected chi connectivity index (χ0v) is 8.55. The fraction of sp³-hybridized carbons (Fsp3) is 1.00. The molecule has 76 valence electrons. The molecule has 1 atom stereocenters. The summed E-state index contributed by atoms with van der Waals surface area (Å²) in [7, 11) is -3.06. The lowest BCUT2D eigenvalue weighted by atomic mass is 10.1. The van der Waals surface area contributed by atoms with Crippen LogP contribution >= 0.6 is 0 Å². The second-order valence-electron chi connectivity index (χ2n) is 4.32. The Kier molecular flexibility index (Phi) is 1.94. The van der Waals surface area contributed by atoms with Crippen LogP contribution in [-0.2, 0) is 10.0 Å². The lowest BCUT2D eigenvalue weighted by molar-refractivity contribution is 0.0762. The van der Waals surface area contributed by atoms with Crippen molar-refractivity contribution < 1.29 is 13.5 Å². The van der Waals surface area contributed by atoms with Crippen LogP contribution in [0.15, 0.2) is 0 Å². The van der Waals surface area contributed by atoms with Crippen molar-refractivity contribution in [2.24, 2.45) is 0 Å². The minimum absolute atomic E-state index is 0.151. The highest BCUT2D eigenvalue weighted by Crippen LogP contribution is 2.34. The van der Waals surface area contributed by atoms with Crippen molar-refractivity contribution in [3.05, 3.63) is 0 Å². The summed E-state index contributed by atoms with van der Waals surface area (Å²) in [5.74, 6) is 0. The smallest absolute Gasteiger partial charge is 0.217 e. The molecular weight excluding hydrogens is 190 g/mol. The normalized spacial score (nSPS) is 36.8.